The maximum absolute atomic E-state index is 12.6. The summed E-state index contributed by atoms with van der Waals surface area (Å²) in [4.78, 5) is 45.4. The molecule has 0 aliphatic carbocycles. The van der Waals surface area contributed by atoms with Crippen LogP contribution in [0.1, 0.15) is 28.4 Å². The van der Waals surface area contributed by atoms with Gasteiger partial charge in [-0.3, -0.25) is 14.7 Å². The van der Waals surface area contributed by atoms with Gasteiger partial charge in [0.05, 0.1) is 12.2 Å². The average molecular weight is 423 g/mol. The summed E-state index contributed by atoms with van der Waals surface area (Å²) < 4.78 is 5.96. The number of esters is 1. The van der Waals surface area contributed by atoms with Gasteiger partial charge in [0.25, 0.3) is 11.1 Å². The highest BCUT2D eigenvalue weighted by Gasteiger charge is 2.19. The molecule has 0 atom stereocenters. The standard InChI is InChI=1S/C20H17N5O4S/c1-4-29-20(28)13-7-5-6-12(9-13)16-22-17(14(10-21)18(23-16)30-3)25-19(27)11(2)8-15(26)24-25/h5-9H,4H2,1-3H3,(H,24,26). The van der Waals surface area contributed by atoms with Crippen molar-refractivity contribution in [1.82, 2.24) is 19.7 Å². The van der Waals surface area contributed by atoms with Crippen LogP contribution in [0.15, 0.2) is 44.9 Å². The number of nitrogens with one attached hydrogen (secondary N) is 1. The Bertz CT molecular complexity index is 1290. The number of thioether (sulfide) groups is 1. The normalized spacial score (nSPS) is 10.5. The van der Waals surface area contributed by atoms with E-state index in [1.807, 2.05) is 6.07 Å². The van der Waals surface area contributed by atoms with Crippen LogP contribution in [0, 0.1) is 18.3 Å². The van der Waals surface area contributed by atoms with E-state index in [4.69, 9.17) is 4.74 Å². The first-order valence-electron chi connectivity index (χ1n) is 8.86. The first-order valence-corrected chi connectivity index (χ1v) is 10.1. The first-order chi connectivity index (χ1) is 14.4. The Morgan fingerprint density at radius 1 is 1.30 bits per heavy atom. The van der Waals surface area contributed by atoms with Gasteiger partial charge in [-0.1, -0.05) is 12.1 Å². The van der Waals surface area contributed by atoms with E-state index >= 15 is 0 Å². The van der Waals surface area contributed by atoms with E-state index in [0.717, 1.165) is 4.68 Å². The molecular weight excluding hydrogens is 406 g/mol. The Morgan fingerprint density at radius 2 is 2.07 bits per heavy atom. The zero-order valence-electron chi connectivity index (χ0n) is 16.4. The van der Waals surface area contributed by atoms with Crippen molar-refractivity contribution in [2.75, 3.05) is 12.9 Å². The van der Waals surface area contributed by atoms with Crippen LogP contribution < -0.4 is 11.1 Å². The van der Waals surface area contributed by atoms with Crippen molar-refractivity contribution in [3.63, 3.8) is 0 Å². The lowest BCUT2D eigenvalue weighted by atomic mass is 10.1. The van der Waals surface area contributed by atoms with Gasteiger partial charge in [0, 0.05) is 17.2 Å². The molecule has 30 heavy (non-hydrogen) atoms. The van der Waals surface area contributed by atoms with Gasteiger partial charge in [-0.25, -0.2) is 14.8 Å². The van der Waals surface area contributed by atoms with Crippen LogP contribution in [0.4, 0.5) is 0 Å². The molecule has 0 unspecified atom stereocenters. The summed E-state index contributed by atoms with van der Waals surface area (Å²) >= 11 is 1.20. The summed E-state index contributed by atoms with van der Waals surface area (Å²) in [6, 6.07) is 9.69. The van der Waals surface area contributed by atoms with E-state index in [1.165, 1.54) is 24.8 Å². The van der Waals surface area contributed by atoms with Crippen LogP contribution in [-0.4, -0.2) is 38.6 Å². The minimum absolute atomic E-state index is 0.0424. The second-order valence-electron chi connectivity index (χ2n) is 6.11. The van der Waals surface area contributed by atoms with Crippen molar-refractivity contribution in [3.05, 3.63) is 67.7 Å². The van der Waals surface area contributed by atoms with Crippen molar-refractivity contribution in [2.24, 2.45) is 0 Å². The Labute approximate surface area is 175 Å². The van der Waals surface area contributed by atoms with E-state index in [-0.39, 0.29) is 29.4 Å². The molecule has 0 aliphatic rings. The molecule has 0 saturated heterocycles. The lowest BCUT2D eigenvalue weighted by Crippen LogP contribution is -2.31. The third kappa shape index (κ3) is 4.01. The molecule has 1 aromatic carbocycles. The molecule has 2 heterocycles. The second-order valence-corrected chi connectivity index (χ2v) is 6.91. The number of benzene rings is 1. The number of aromatic nitrogens is 4. The SMILES string of the molecule is CCOC(=O)c1cccc(-c2nc(SC)c(C#N)c(-n3[nH]c(=O)cc(C)c3=O)n2)c1. The molecule has 0 aliphatic heterocycles. The molecule has 152 valence electrons. The van der Waals surface area contributed by atoms with Crippen LogP contribution in [0.3, 0.4) is 0 Å². The van der Waals surface area contributed by atoms with E-state index in [1.54, 1.807) is 37.4 Å². The maximum Gasteiger partial charge on any atom is 0.338 e. The van der Waals surface area contributed by atoms with E-state index in [2.05, 4.69) is 15.1 Å². The zero-order chi connectivity index (χ0) is 21.8. The summed E-state index contributed by atoms with van der Waals surface area (Å²) in [7, 11) is 0. The molecule has 3 rings (SSSR count). The summed E-state index contributed by atoms with van der Waals surface area (Å²) in [6.07, 6.45) is 1.73. The van der Waals surface area contributed by atoms with E-state index in [9.17, 15) is 19.6 Å². The molecular formula is C20H17N5O4S. The quantitative estimate of drug-likeness (QED) is 0.375. The van der Waals surface area contributed by atoms with E-state index in [0.29, 0.717) is 16.2 Å². The fourth-order valence-electron chi connectivity index (χ4n) is 2.74. The minimum Gasteiger partial charge on any atom is -0.462 e. The van der Waals surface area contributed by atoms with Gasteiger partial charge in [-0.05, 0) is 32.2 Å². The molecule has 0 amide bonds. The number of aryl methyl sites for hydroxylation is 1. The maximum atomic E-state index is 12.6. The van der Waals surface area contributed by atoms with Crippen LogP contribution in [-0.2, 0) is 4.74 Å². The predicted molar refractivity (Wildman–Crippen MR) is 111 cm³/mol. The average Bonchev–Trinajstić information content (AvgIpc) is 2.75. The molecule has 1 N–H and O–H groups in total. The largest absolute Gasteiger partial charge is 0.462 e. The lowest BCUT2D eigenvalue weighted by molar-refractivity contribution is 0.0526. The number of nitriles is 1. The number of carbonyl (C=O) groups excluding carboxylic acids is 1. The summed E-state index contributed by atoms with van der Waals surface area (Å²) in [6.45, 7) is 3.45. The van der Waals surface area contributed by atoms with Crippen molar-refractivity contribution < 1.29 is 9.53 Å². The molecule has 0 radical (unpaired) electrons. The third-order valence-electron chi connectivity index (χ3n) is 4.12. The number of hydrogen-bond donors (Lipinski definition) is 1. The monoisotopic (exact) mass is 423 g/mol. The minimum atomic E-state index is -0.511. The van der Waals surface area contributed by atoms with Crippen LogP contribution >= 0.6 is 11.8 Å². The van der Waals surface area contributed by atoms with Crippen molar-refractivity contribution in [1.29, 1.82) is 5.26 Å². The van der Waals surface area contributed by atoms with Crippen LogP contribution in [0.25, 0.3) is 17.2 Å². The topological polar surface area (TPSA) is 131 Å². The van der Waals surface area contributed by atoms with Gasteiger partial charge in [0.15, 0.2) is 11.6 Å². The Balaban J connectivity index is 2.28. The molecule has 0 saturated carbocycles. The van der Waals surface area contributed by atoms with Crippen molar-refractivity contribution in [2.45, 2.75) is 18.9 Å². The van der Waals surface area contributed by atoms with Gasteiger partial charge < -0.3 is 4.74 Å². The van der Waals surface area contributed by atoms with Gasteiger partial charge >= 0.3 is 5.97 Å². The van der Waals surface area contributed by atoms with Gasteiger partial charge in [0.2, 0.25) is 0 Å². The molecule has 2 aromatic heterocycles. The predicted octanol–water partition coefficient (Wildman–Crippen LogP) is 2.06. The highest BCUT2D eigenvalue weighted by atomic mass is 32.2. The summed E-state index contributed by atoms with van der Waals surface area (Å²) in [5.41, 5.74) is 0.0449. The van der Waals surface area contributed by atoms with Gasteiger partial charge in [-0.15, -0.1) is 11.8 Å². The number of aromatic amines is 1. The van der Waals surface area contributed by atoms with Gasteiger partial charge in [0.1, 0.15) is 16.7 Å². The van der Waals surface area contributed by atoms with Crippen molar-refractivity contribution >= 4 is 17.7 Å². The highest BCUT2D eigenvalue weighted by Crippen LogP contribution is 2.26. The number of H-pyrrole nitrogens is 1. The fourth-order valence-corrected chi connectivity index (χ4v) is 3.26. The number of rotatable bonds is 5. The lowest BCUT2D eigenvalue weighted by Gasteiger charge is -2.12. The Morgan fingerprint density at radius 3 is 2.73 bits per heavy atom. The molecule has 9 nitrogen and oxygen atoms in total. The van der Waals surface area contributed by atoms with E-state index < -0.39 is 17.1 Å². The van der Waals surface area contributed by atoms with Crippen LogP contribution in [0.2, 0.25) is 0 Å². The summed E-state index contributed by atoms with van der Waals surface area (Å²) in [5, 5.41) is 12.4. The first kappa shape index (κ1) is 21.0. The zero-order valence-corrected chi connectivity index (χ0v) is 17.2. The third-order valence-corrected chi connectivity index (χ3v) is 4.80. The van der Waals surface area contributed by atoms with Crippen molar-refractivity contribution in [3.8, 4) is 23.3 Å². The number of nitrogens with zero attached hydrogens (tertiary/aromatic N) is 4. The summed E-state index contributed by atoms with van der Waals surface area (Å²) in [5.74, 6) is -0.342. The molecule has 0 fully saturated rings. The Kier molecular flexibility index (Phi) is 6.13. The Hall–Kier alpha value is -3.71. The molecule has 3 aromatic rings. The number of carbonyl (C=O) groups is 1. The number of ether oxygens (including phenoxy) is 1. The molecule has 0 bridgehead atoms. The fraction of sp³-hybridized carbons (Fsp3) is 0.200. The number of hydrogen-bond acceptors (Lipinski definition) is 8. The smallest absolute Gasteiger partial charge is 0.338 e. The second kappa shape index (κ2) is 8.75. The molecule has 0 spiro atoms. The van der Waals surface area contributed by atoms with Gasteiger partial charge in [-0.2, -0.15) is 9.94 Å². The molecule has 10 heteroatoms. The van der Waals surface area contributed by atoms with Crippen LogP contribution in [0.5, 0.6) is 0 Å². The highest BCUT2D eigenvalue weighted by molar-refractivity contribution is 7.98.